The number of nitrogens with zero attached hydrogens (tertiary/aromatic N) is 2. The van der Waals surface area contributed by atoms with Crippen molar-refractivity contribution < 1.29 is 5.11 Å². The van der Waals surface area contributed by atoms with Gasteiger partial charge in [-0.3, -0.25) is 9.69 Å². The normalized spacial score (nSPS) is 21.7. The highest BCUT2D eigenvalue weighted by molar-refractivity contribution is 5.21. The zero-order chi connectivity index (χ0) is 12.7. The first-order valence-electron chi connectivity index (χ1n) is 6.62. The number of aryl methyl sites for hydroxylation is 1. The largest absolute Gasteiger partial charge is 0.392 e. The molecule has 1 fully saturated rings. The van der Waals surface area contributed by atoms with Gasteiger partial charge in [-0.1, -0.05) is 6.42 Å². The van der Waals surface area contributed by atoms with Gasteiger partial charge in [0.1, 0.15) is 5.82 Å². The van der Waals surface area contributed by atoms with Gasteiger partial charge in [0.15, 0.2) is 0 Å². The molecule has 0 aromatic carbocycles. The van der Waals surface area contributed by atoms with Crippen LogP contribution in [0.4, 0.5) is 0 Å². The maximum atomic E-state index is 11.8. The zero-order valence-electron chi connectivity index (χ0n) is 10.6. The van der Waals surface area contributed by atoms with E-state index in [0.29, 0.717) is 31.4 Å². The number of fused-ring (bicyclic) bond motifs is 1. The molecule has 3 rings (SSSR count). The highest BCUT2D eigenvalue weighted by Crippen LogP contribution is 2.30. The fourth-order valence-electron chi connectivity index (χ4n) is 2.82. The molecule has 5 heteroatoms. The predicted molar refractivity (Wildman–Crippen MR) is 67.1 cm³/mol. The van der Waals surface area contributed by atoms with Gasteiger partial charge in [-0.2, -0.15) is 0 Å². The second kappa shape index (κ2) is 4.48. The molecule has 98 valence electrons. The predicted octanol–water partition coefficient (Wildman–Crippen LogP) is 0.555. The summed E-state index contributed by atoms with van der Waals surface area (Å²) in [4.78, 5) is 21.0. The van der Waals surface area contributed by atoms with Gasteiger partial charge in [-0.25, -0.2) is 4.98 Å². The maximum Gasteiger partial charge on any atom is 0.255 e. The minimum absolute atomic E-state index is 0.0295. The van der Waals surface area contributed by atoms with Crippen LogP contribution >= 0.6 is 0 Å². The Labute approximate surface area is 106 Å². The van der Waals surface area contributed by atoms with E-state index in [2.05, 4.69) is 14.9 Å². The van der Waals surface area contributed by atoms with E-state index in [1.54, 1.807) is 6.92 Å². The molecule has 2 aliphatic rings. The summed E-state index contributed by atoms with van der Waals surface area (Å²) in [6, 6.07) is 0. The van der Waals surface area contributed by atoms with Crippen molar-refractivity contribution >= 4 is 0 Å². The van der Waals surface area contributed by atoms with E-state index in [-0.39, 0.29) is 11.7 Å². The molecule has 2 heterocycles. The Morgan fingerprint density at radius 1 is 1.50 bits per heavy atom. The van der Waals surface area contributed by atoms with E-state index in [1.807, 2.05) is 0 Å². The number of aliphatic hydroxyl groups excluding tert-OH is 1. The molecule has 2 N–H and O–H groups in total. The molecule has 0 amide bonds. The number of hydrogen-bond acceptors (Lipinski definition) is 4. The first-order valence-corrected chi connectivity index (χ1v) is 6.62. The third kappa shape index (κ3) is 2.08. The quantitative estimate of drug-likeness (QED) is 0.821. The van der Waals surface area contributed by atoms with Gasteiger partial charge in [-0.15, -0.1) is 0 Å². The minimum Gasteiger partial charge on any atom is -0.392 e. The molecule has 1 aliphatic heterocycles. The van der Waals surface area contributed by atoms with Crippen molar-refractivity contribution in [1.82, 2.24) is 14.9 Å². The highest BCUT2D eigenvalue weighted by Gasteiger charge is 2.30. The van der Waals surface area contributed by atoms with Crippen LogP contribution in [0.5, 0.6) is 0 Å². The number of rotatable bonds is 3. The molecule has 1 unspecified atom stereocenters. The average molecular weight is 249 g/mol. The Morgan fingerprint density at radius 2 is 2.28 bits per heavy atom. The summed E-state index contributed by atoms with van der Waals surface area (Å²) in [6.45, 7) is 3.75. The van der Waals surface area contributed by atoms with Crippen molar-refractivity contribution in [2.45, 2.75) is 45.4 Å². The van der Waals surface area contributed by atoms with E-state index < -0.39 is 0 Å². The lowest BCUT2D eigenvalue weighted by Crippen LogP contribution is -2.36. The number of hydrogen-bond donors (Lipinski definition) is 2. The van der Waals surface area contributed by atoms with Gasteiger partial charge in [0.05, 0.1) is 17.4 Å². The molecule has 0 radical (unpaired) electrons. The number of H-pyrrole nitrogens is 1. The van der Waals surface area contributed by atoms with Crippen molar-refractivity contribution in [2.24, 2.45) is 5.92 Å². The number of nitrogens with one attached hydrogen (secondary N) is 1. The van der Waals surface area contributed by atoms with Crippen LogP contribution < -0.4 is 5.56 Å². The first-order chi connectivity index (χ1) is 8.63. The van der Waals surface area contributed by atoms with E-state index in [4.69, 9.17) is 0 Å². The molecule has 1 aliphatic carbocycles. The van der Waals surface area contributed by atoms with Crippen LogP contribution in [0.25, 0.3) is 0 Å². The molecule has 1 aromatic heterocycles. The molecule has 5 nitrogen and oxygen atoms in total. The summed E-state index contributed by atoms with van der Waals surface area (Å²) < 4.78 is 0. The molecule has 1 aromatic rings. The Bertz CT molecular complexity index is 507. The number of aromatic amines is 1. The van der Waals surface area contributed by atoms with Crippen LogP contribution in [0.3, 0.4) is 0 Å². The van der Waals surface area contributed by atoms with Crippen LogP contribution in [-0.2, 0) is 13.1 Å². The molecule has 18 heavy (non-hydrogen) atoms. The fraction of sp³-hybridized carbons (Fsp3) is 0.692. The molecule has 0 bridgehead atoms. The molecule has 0 spiro atoms. The summed E-state index contributed by atoms with van der Waals surface area (Å²) in [6.07, 6.45) is 3.26. The van der Waals surface area contributed by atoms with E-state index in [1.165, 1.54) is 6.42 Å². The van der Waals surface area contributed by atoms with Crippen molar-refractivity contribution in [1.29, 1.82) is 0 Å². The second-order valence-corrected chi connectivity index (χ2v) is 5.50. The van der Waals surface area contributed by atoms with Gasteiger partial charge in [0.25, 0.3) is 5.56 Å². The van der Waals surface area contributed by atoms with Crippen molar-refractivity contribution in [3.63, 3.8) is 0 Å². The molecular formula is C13H19N3O2. The summed E-state index contributed by atoms with van der Waals surface area (Å²) in [5.74, 6) is 1.13. The van der Waals surface area contributed by atoms with Gasteiger partial charge in [0.2, 0.25) is 0 Å². The van der Waals surface area contributed by atoms with Crippen LogP contribution in [-0.4, -0.2) is 32.6 Å². The standard InChI is InChI=1S/C13H19N3O2/c1-8-14-11-6-16(5-10(11)13(18)15-8)7-12(17)9-3-2-4-9/h9,12,17H,2-7H2,1H3,(H,14,15,18). The Hall–Kier alpha value is -1.20. The van der Waals surface area contributed by atoms with E-state index >= 15 is 0 Å². The number of aliphatic hydroxyl groups is 1. The average Bonchev–Trinajstić information content (AvgIpc) is 2.57. The molecule has 1 saturated carbocycles. The third-order valence-corrected chi connectivity index (χ3v) is 4.11. The van der Waals surface area contributed by atoms with Crippen molar-refractivity contribution in [3.8, 4) is 0 Å². The summed E-state index contributed by atoms with van der Waals surface area (Å²) in [5, 5.41) is 10.1. The zero-order valence-corrected chi connectivity index (χ0v) is 10.6. The number of aromatic nitrogens is 2. The first kappa shape index (κ1) is 11.9. The monoisotopic (exact) mass is 249 g/mol. The Balaban J connectivity index is 1.69. The lowest BCUT2D eigenvalue weighted by Gasteiger charge is -2.32. The topological polar surface area (TPSA) is 69.2 Å². The lowest BCUT2D eigenvalue weighted by molar-refractivity contribution is 0.0291. The summed E-state index contributed by atoms with van der Waals surface area (Å²) >= 11 is 0. The highest BCUT2D eigenvalue weighted by atomic mass is 16.3. The third-order valence-electron chi connectivity index (χ3n) is 4.11. The van der Waals surface area contributed by atoms with Crippen molar-refractivity contribution in [2.75, 3.05) is 6.54 Å². The lowest BCUT2D eigenvalue weighted by atomic mass is 9.81. The van der Waals surface area contributed by atoms with Crippen LogP contribution in [0.1, 0.15) is 36.3 Å². The van der Waals surface area contributed by atoms with Gasteiger partial charge < -0.3 is 10.1 Å². The maximum absolute atomic E-state index is 11.8. The van der Waals surface area contributed by atoms with Crippen molar-refractivity contribution in [3.05, 3.63) is 27.4 Å². The van der Waals surface area contributed by atoms with Crippen LogP contribution in [0.2, 0.25) is 0 Å². The minimum atomic E-state index is -0.256. The Morgan fingerprint density at radius 3 is 2.94 bits per heavy atom. The molecular weight excluding hydrogens is 230 g/mol. The number of β-amino-alcohol motifs (C(OH)–C–C–N with tert-alkyl or cyclic N) is 1. The summed E-state index contributed by atoms with van der Waals surface area (Å²) in [5.41, 5.74) is 1.61. The second-order valence-electron chi connectivity index (χ2n) is 5.50. The van der Waals surface area contributed by atoms with Gasteiger partial charge in [-0.05, 0) is 25.7 Å². The Kier molecular flexibility index (Phi) is 2.95. The van der Waals surface area contributed by atoms with Crippen LogP contribution in [0.15, 0.2) is 4.79 Å². The molecule has 1 atom stereocenters. The smallest absolute Gasteiger partial charge is 0.255 e. The SMILES string of the molecule is Cc1nc2c(c(=O)[nH]1)CN(CC(O)C1CCC1)C2. The van der Waals surface area contributed by atoms with Crippen LogP contribution in [0, 0.1) is 12.8 Å². The summed E-state index contributed by atoms with van der Waals surface area (Å²) in [7, 11) is 0. The van der Waals surface area contributed by atoms with E-state index in [9.17, 15) is 9.90 Å². The van der Waals surface area contributed by atoms with Gasteiger partial charge in [0, 0.05) is 19.6 Å². The fourth-order valence-corrected chi connectivity index (χ4v) is 2.82. The van der Waals surface area contributed by atoms with E-state index in [0.717, 1.165) is 24.1 Å². The van der Waals surface area contributed by atoms with Gasteiger partial charge >= 0.3 is 0 Å². The molecule has 0 saturated heterocycles.